The first kappa shape index (κ1) is 20.5. The van der Waals surface area contributed by atoms with Crippen LogP contribution in [-0.4, -0.2) is 28.2 Å². The van der Waals surface area contributed by atoms with Gasteiger partial charge in [-0.15, -0.1) is 10.2 Å². The molecule has 0 bridgehead atoms. The maximum absolute atomic E-state index is 13.2. The van der Waals surface area contributed by atoms with Gasteiger partial charge >= 0.3 is 0 Å². The first-order chi connectivity index (χ1) is 16.0. The molecule has 33 heavy (non-hydrogen) atoms. The summed E-state index contributed by atoms with van der Waals surface area (Å²) in [6.45, 7) is 0.722. The standard InChI is InChI=1S/C25H19BrN4O2S/c26-19-11-18(13-27-14-19)25-29-28-23-12-16(9-10-30(23)25)24-20-6-2-1-5-17(20)15-33(31,32)22-8-4-3-7-21(22)24/h1-8,11,13-14H,9-10,12,15H2/b24-16+. The summed E-state index contributed by atoms with van der Waals surface area (Å²) in [7, 11) is -3.44. The van der Waals surface area contributed by atoms with Crippen LogP contribution in [-0.2, 0) is 28.6 Å². The van der Waals surface area contributed by atoms with Crippen LogP contribution in [0.4, 0.5) is 0 Å². The van der Waals surface area contributed by atoms with Gasteiger partial charge in [0.15, 0.2) is 15.7 Å². The van der Waals surface area contributed by atoms with Crippen LogP contribution in [0.3, 0.4) is 0 Å². The Morgan fingerprint density at radius 2 is 1.73 bits per heavy atom. The van der Waals surface area contributed by atoms with Crippen molar-refractivity contribution in [2.24, 2.45) is 0 Å². The van der Waals surface area contributed by atoms with Gasteiger partial charge in [0.05, 0.1) is 10.6 Å². The second-order valence-corrected chi connectivity index (χ2v) is 11.2. The van der Waals surface area contributed by atoms with Crippen LogP contribution in [0.5, 0.6) is 0 Å². The van der Waals surface area contributed by atoms with E-state index in [2.05, 4.69) is 35.7 Å². The summed E-state index contributed by atoms with van der Waals surface area (Å²) >= 11 is 3.48. The van der Waals surface area contributed by atoms with Crippen molar-refractivity contribution < 1.29 is 8.42 Å². The van der Waals surface area contributed by atoms with Gasteiger partial charge in [-0.2, -0.15) is 0 Å². The quantitative estimate of drug-likeness (QED) is 0.360. The molecule has 164 valence electrons. The largest absolute Gasteiger partial charge is 0.310 e. The third-order valence-corrected chi connectivity index (χ3v) is 8.43. The highest BCUT2D eigenvalue weighted by molar-refractivity contribution is 9.10. The lowest BCUT2D eigenvalue weighted by molar-refractivity contribution is 0.595. The Balaban J connectivity index is 1.53. The SMILES string of the molecule is O=S1(=O)Cc2ccccc2/C(=C2/CCn3c(nnc3-c3cncc(Br)c3)C2)c2ccccc21. The molecule has 2 aliphatic rings. The Kier molecular flexibility index (Phi) is 4.81. The summed E-state index contributed by atoms with van der Waals surface area (Å²) in [5, 5.41) is 8.94. The molecule has 4 aromatic rings. The molecule has 2 aromatic heterocycles. The number of halogens is 1. The Morgan fingerprint density at radius 1 is 0.939 bits per heavy atom. The fourth-order valence-electron chi connectivity index (χ4n) is 4.83. The molecule has 0 radical (unpaired) electrons. The highest BCUT2D eigenvalue weighted by Crippen LogP contribution is 2.41. The number of rotatable bonds is 1. The molecule has 0 saturated heterocycles. The summed E-state index contributed by atoms with van der Waals surface area (Å²) < 4.78 is 29.5. The lowest BCUT2D eigenvalue weighted by atomic mass is 9.87. The molecule has 0 N–H and O–H groups in total. The summed E-state index contributed by atoms with van der Waals surface area (Å²) in [5.74, 6) is 1.68. The van der Waals surface area contributed by atoms with E-state index in [0.717, 1.165) is 56.9 Å². The lowest BCUT2D eigenvalue weighted by Crippen LogP contribution is -2.16. The van der Waals surface area contributed by atoms with E-state index in [9.17, 15) is 8.42 Å². The minimum absolute atomic E-state index is 0.00713. The molecule has 0 spiro atoms. The third-order valence-electron chi connectivity index (χ3n) is 6.28. The molecule has 0 saturated carbocycles. The van der Waals surface area contributed by atoms with Crippen molar-refractivity contribution in [3.8, 4) is 11.4 Å². The summed E-state index contributed by atoms with van der Waals surface area (Å²) in [6, 6.07) is 17.2. The van der Waals surface area contributed by atoms with E-state index in [-0.39, 0.29) is 5.75 Å². The molecular formula is C25H19BrN4O2S. The minimum atomic E-state index is -3.44. The number of allylic oxidation sites excluding steroid dienone is 1. The molecule has 8 heteroatoms. The lowest BCUT2D eigenvalue weighted by Gasteiger charge is -2.23. The number of pyridine rings is 1. The molecule has 6 rings (SSSR count). The average Bonchev–Trinajstić information content (AvgIpc) is 3.20. The number of benzene rings is 2. The number of aromatic nitrogens is 4. The van der Waals surface area contributed by atoms with E-state index >= 15 is 0 Å². The third kappa shape index (κ3) is 3.45. The zero-order chi connectivity index (χ0) is 22.6. The van der Waals surface area contributed by atoms with Crippen molar-refractivity contribution in [2.75, 3.05) is 0 Å². The minimum Gasteiger partial charge on any atom is -0.310 e. The first-order valence-corrected chi connectivity index (χ1v) is 13.1. The predicted octanol–water partition coefficient (Wildman–Crippen LogP) is 4.84. The van der Waals surface area contributed by atoms with Crippen LogP contribution in [0.2, 0.25) is 0 Å². The first-order valence-electron chi connectivity index (χ1n) is 10.7. The Morgan fingerprint density at radius 3 is 2.58 bits per heavy atom. The van der Waals surface area contributed by atoms with Crippen molar-refractivity contribution in [1.82, 2.24) is 19.7 Å². The van der Waals surface area contributed by atoms with Crippen LogP contribution in [0.1, 0.15) is 28.9 Å². The molecule has 0 aliphatic carbocycles. The Labute approximate surface area is 200 Å². The summed E-state index contributed by atoms with van der Waals surface area (Å²) in [5.41, 5.74) is 5.72. The van der Waals surface area contributed by atoms with Crippen LogP contribution in [0.15, 0.2) is 81.9 Å². The van der Waals surface area contributed by atoms with E-state index in [1.807, 2.05) is 42.5 Å². The second-order valence-electron chi connectivity index (χ2n) is 8.30. The zero-order valence-electron chi connectivity index (χ0n) is 17.6. The topological polar surface area (TPSA) is 77.7 Å². The number of nitrogens with zero attached hydrogens (tertiary/aromatic N) is 4. The maximum atomic E-state index is 13.2. The fourth-order valence-corrected chi connectivity index (χ4v) is 6.80. The smallest absolute Gasteiger partial charge is 0.183 e. The molecule has 6 nitrogen and oxygen atoms in total. The van der Waals surface area contributed by atoms with E-state index < -0.39 is 9.84 Å². The molecule has 0 fully saturated rings. The number of hydrogen-bond acceptors (Lipinski definition) is 5. The molecule has 4 heterocycles. The van der Waals surface area contributed by atoms with Gasteiger partial charge < -0.3 is 4.57 Å². The van der Waals surface area contributed by atoms with E-state index in [1.165, 1.54) is 5.57 Å². The van der Waals surface area contributed by atoms with Crippen molar-refractivity contribution in [2.45, 2.75) is 30.0 Å². The Hall–Kier alpha value is -3.10. The molecule has 0 unspecified atom stereocenters. The Bertz CT molecular complexity index is 1560. The van der Waals surface area contributed by atoms with Gasteiger partial charge in [0.2, 0.25) is 0 Å². The fraction of sp³-hybridized carbons (Fsp3) is 0.160. The van der Waals surface area contributed by atoms with Gasteiger partial charge in [-0.25, -0.2) is 8.42 Å². The number of fused-ring (bicyclic) bond motifs is 3. The normalized spacial score (nSPS) is 18.7. The molecular weight excluding hydrogens is 500 g/mol. The van der Waals surface area contributed by atoms with Crippen molar-refractivity contribution in [3.63, 3.8) is 0 Å². The van der Waals surface area contributed by atoms with Crippen LogP contribution in [0, 0.1) is 0 Å². The van der Waals surface area contributed by atoms with Gasteiger partial charge in [-0.05, 0) is 51.2 Å². The number of hydrogen-bond donors (Lipinski definition) is 0. The monoisotopic (exact) mass is 518 g/mol. The zero-order valence-corrected chi connectivity index (χ0v) is 20.0. The van der Waals surface area contributed by atoms with Crippen molar-refractivity contribution >= 4 is 31.3 Å². The predicted molar refractivity (Wildman–Crippen MR) is 129 cm³/mol. The van der Waals surface area contributed by atoms with E-state index in [1.54, 1.807) is 24.5 Å². The van der Waals surface area contributed by atoms with Crippen molar-refractivity contribution in [1.29, 1.82) is 0 Å². The van der Waals surface area contributed by atoms with Crippen LogP contribution >= 0.6 is 15.9 Å². The summed E-state index contributed by atoms with van der Waals surface area (Å²) in [4.78, 5) is 4.66. The summed E-state index contributed by atoms with van der Waals surface area (Å²) in [6.07, 6.45) is 4.94. The highest BCUT2D eigenvalue weighted by atomic mass is 79.9. The van der Waals surface area contributed by atoms with Crippen LogP contribution < -0.4 is 0 Å². The van der Waals surface area contributed by atoms with Gasteiger partial charge in [-0.1, -0.05) is 48.0 Å². The van der Waals surface area contributed by atoms with E-state index in [0.29, 0.717) is 11.3 Å². The maximum Gasteiger partial charge on any atom is 0.183 e. The van der Waals surface area contributed by atoms with Crippen molar-refractivity contribution in [3.05, 3.63) is 99.6 Å². The molecule has 2 aromatic carbocycles. The average molecular weight is 519 g/mol. The molecule has 0 atom stereocenters. The van der Waals surface area contributed by atoms with E-state index in [4.69, 9.17) is 0 Å². The van der Waals surface area contributed by atoms with Gasteiger partial charge in [0.1, 0.15) is 5.82 Å². The van der Waals surface area contributed by atoms with Gasteiger partial charge in [0.25, 0.3) is 0 Å². The second kappa shape index (κ2) is 7.74. The van der Waals surface area contributed by atoms with Gasteiger partial charge in [-0.3, -0.25) is 4.98 Å². The molecule has 2 aliphatic heterocycles. The van der Waals surface area contributed by atoms with Gasteiger partial charge in [0, 0.05) is 41.0 Å². The highest BCUT2D eigenvalue weighted by Gasteiger charge is 2.31. The van der Waals surface area contributed by atoms with Crippen LogP contribution in [0.25, 0.3) is 17.0 Å². The molecule has 0 amide bonds. The number of sulfone groups is 1.